The Kier molecular flexibility index (Phi) is 9.10. The van der Waals surface area contributed by atoms with Gasteiger partial charge < -0.3 is 14.8 Å². The summed E-state index contributed by atoms with van der Waals surface area (Å²) in [6.07, 6.45) is 0. The van der Waals surface area contributed by atoms with Crippen molar-refractivity contribution in [1.82, 2.24) is 20.5 Å². The van der Waals surface area contributed by atoms with Crippen LogP contribution < -0.4 is 19.5 Å². The number of aromatic nitrogens is 3. The topological polar surface area (TPSA) is 135 Å². The van der Waals surface area contributed by atoms with Gasteiger partial charge in [0.15, 0.2) is 12.4 Å². The van der Waals surface area contributed by atoms with Crippen LogP contribution in [-0.2, 0) is 14.8 Å². The summed E-state index contributed by atoms with van der Waals surface area (Å²) in [6.45, 7) is 0.193. The maximum atomic E-state index is 12.7. The van der Waals surface area contributed by atoms with E-state index in [0.29, 0.717) is 40.5 Å². The SMILES string of the molecule is COc1ccc(NS(=O)(=O)c2ccc(OCC(=O)NCCSc3n[nH]c(-c4ccccc4)n3)cc2)cc1Cl. The lowest BCUT2D eigenvalue weighted by atomic mass is 10.2. The van der Waals surface area contributed by atoms with E-state index < -0.39 is 10.0 Å². The van der Waals surface area contributed by atoms with Crippen LogP contribution >= 0.6 is 23.4 Å². The Morgan fingerprint density at radius 2 is 1.84 bits per heavy atom. The highest BCUT2D eigenvalue weighted by molar-refractivity contribution is 7.99. The summed E-state index contributed by atoms with van der Waals surface area (Å²) in [7, 11) is -2.38. The smallest absolute Gasteiger partial charge is 0.261 e. The second kappa shape index (κ2) is 12.7. The Bertz CT molecular complexity index is 1480. The normalized spacial score (nSPS) is 11.1. The minimum Gasteiger partial charge on any atom is -0.495 e. The second-order valence-corrected chi connectivity index (χ2v) is 10.9. The first-order chi connectivity index (χ1) is 18.3. The predicted molar refractivity (Wildman–Crippen MR) is 146 cm³/mol. The highest BCUT2D eigenvalue weighted by Gasteiger charge is 2.15. The molecule has 0 aliphatic heterocycles. The summed E-state index contributed by atoms with van der Waals surface area (Å²) in [5, 5.41) is 10.7. The van der Waals surface area contributed by atoms with Crippen molar-refractivity contribution < 1.29 is 22.7 Å². The van der Waals surface area contributed by atoms with Crippen LogP contribution in [0, 0.1) is 0 Å². The summed E-state index contributed by atoms with van der Waals surface area (Å²) < 4.78 is 38.3. The molecule has 0 fully saturated rings. The number of anilines is 1. The highest BCUT2D eigenvalue weighted by atomic mass is 35.5. The van der Waals surface area contributed by atoms with E-state index in [0.717, 1.165) is 5.56 Å². The molecule has 0 unspecified atom stereocenters. The molecule has 4 aromatic rings. The fraction of sp³-hybridized carbons (Fsp3) is 0.160. The van der Waals surface area contributed by atoms with Gasteiger partial charge in [-0.2, -0.15) is 0 Å². The van der Waals surface area contributed by atoms with Crippen LogP contribution in [0.4, 0.5) is 5.69 Å². The predicted octanol–water partition coefficient (Wildman–Crippen LogP) is 4.22. The van der Waals surface area contributed by atoms with Gasteiger partial charge in [0.05, 0.1) is 22.7 Å². The molecule has 0 radical (unpaired) electrons. The van der Waals surface area contributed by atoms with Crippen molar-refractivity contribution in [2.75, 3.05) is 30.7 Å². The summed E-state index contributed by atoms with van der Waals surface area (Å²) in [6, 6.07) is 20.0. The van der Waals surface area contributed by atoms with E-state index >= 15 is 0 Å². The van der Waals surface area contributed by atoms with Gasteiger partial charge in [0.2, 0.25) is 5.16 Å². The number of carbonyl (C=O) groups is 1. The molecule has 0 saturated carbocycles. The zero-order valence-corrected chi connectivity index (χ0v) is 22.6. The van der Waals surface area contributed by atoms with Crippen LogP contribution in [0.25, 0.3) is 11.4 Å². The summed E-state index contributed by atoms with van der Waals surface area (Å²) in [5.41, 5.74) is 1.24. The summed E-state index contributed by atoms with van der Waals surface area (Å²) in [5.74, 6) is 1.75. The molecular formula is C25H24ClN5O5S2. The number of ether oxygens (including phenoxy) is 2. The second-order valence-electron chi connectivity index (χ2n) is 7.75. The molecule has 4 rings (SSSR count). The number of H-pyrrole nitrogens is 1. The third kappa shape index (κ3) is 7.40. The first-order valence-corrected chi connectivity index (χ1v) is 14.2. The van der Waals surface area contributed by atoms with Gasteiger partial charge in [0.25, 0.3) is 15.9 Å². The molecule has 0 aliphatic rings. The van der Waals surface area contributed by atoms with Crippen LogP contribution in [0.5, 0.6) is 11.5 Å². The molecule has 0 bridgehead atoms. The Labute approximate surface area is 229 Å². The van der Waals surface area contributed by atoms with Gasteiger partial charge in [0.1, 0.15) is 11.5 Å². The molecule has 0 saturated heterocycles. The van der Waals surface area contributed by atoms with Gasteiger partial charge >= 0.3 is 0 Å². The fourth-order valence-electron chi connectivity index (χ4n) is 3.23. The quantitative estimate of drug-likeness (QED) is 0.169. The number of hydrogen-bond donors (Lipinski definition) is 3. The average Bonchev–Trinajstić information content (AvgIpc) is 3.40. The molecule has 0 atom stereocenters. The average molecular weight is 574 g/mol. The molecule has 1 heterocycles. The third-order valence-corrected chi connectivity index (χ3v) is 7.62. The van der Waals surface area contributed by atoms with Crippen LogP contribution in [0.15, 0.2) is 82.8 Å². The van der Waals surface area contributed by atoms with E-state index in [-0.39, 0.29) is 22.4 Å². The van der Waals surface area contributed by atoms with Crippen molar-refractivity contribution >= 4 is 45.0 Å². The molecule has 198 valence electrons. The Hall–Kier alpha value is -3.74. The van der Waals surface area contributed by atoms with Gasteiger partial charge in [0, 0.05) is 17.9 Å². The van der Waals surface area contributed by atoms with Gasteiger partial charge in [-0.05, 0) is 42.5 Å². The fourth-order valence-corrected chi connectivity index (χ4v) is 5.19. The largest absolute Gasteiger partial charge is 0.495 e. The number of nitrogens with zero attached hydrogens (tertiary/aromatic N) is 2. The van der Waals surface area contributed by atoms with Crippen LogP contribution in [0.1, 0.15) is 0 Å². The number of amides is 1. The van der Waals surface area contributed by atoms with Crippen LogP contribution in [-0.4, -0.2) is 55.5 Å². The van der Waals surface area contributed by atoms with E-state index in [2.05, 4.69) is 25.2 Å². The van der Waals surface area contributed by atoms with E-state index in [9.17, 15) is 13.2 Å². The molecule has 0 spiro atoms. The number of methoxy groups -OCH3 is 1. The molecular weight excluding hydrogens is 550 g/mol. The molecule has 1 aromatic heterocycles. The maximum absolute atomic E-state index is 12.7. The number of rotatable bonds is 12. The molecule has 0 aliphatic carbocycles. The Morgan fingerprint density at radius 3 is 2.55 bits per heavy atom. The summed E-state index contributed by atoms with van der Waals surface area (Å²) >= 11 is 7.47. The molecule has 38 heavy (non-hydrogen) atoms. The lowest BCUT2D eigenvalue weighted by Gasteiger charge is -2.11. The maximum Gasteiger partial charge on any atom is 0.261 e. The highest BCUT2D eigenvalue weighted by Crippen LogP contribution is 2.28. The third-order valence-electron chi connectivity index (χ3n) is 5.08. The van der Waals surface area contributed by atoms with E-state index in [1.807, 2.05) is 30.3 Å². The Morgan fingerprint density at radius 1 is 1.08 bits per heavy atom. The van der Waals surface area contributed by atoms with Crippen LogP contribution in [0.2, 0.25) is 5.02 Å². The first-order valence-electron chi connectivity index (χ1n) is 11.3. The minimum absolute atomic E-state index is 0.0284. The summed E-state index contributed by atoms with van der Waals surface area (Å²) in [4.78, 5) is 16.6. The number of hydrogen-bond acceptors (Lipinski definition) is 8. The van der Waals surface area contributed by atoms with Crippen molar-refractivity contribution in [3.8, 4) is 22.9 Å². The van der Waals surface area contributed by atoms with Gasteiger partial charge in [-0.15, -0.1) is 5.10 Å². The molecule has 1 amide bonds. The van der Waals surface area contributed by atoms with Crippen molar-refractivity contribution in [3.63, 3.8) is 0 Å². The number of aromatic amines is 1. The van der Waals surface area contributed by atoms with Gasteiger partial charge in [-0.1, -0.05) is 53.7 Å². The Balaban J connectivity index is 1.19. The lowest BCUT2D eigenvalue weighted by Crippen LogP contribution is -2.30. The van der Waals surface area contributed by atoms with Crippen molar-refractivity contribution in [2.45, 2.75) is 10.1 Å². The number of sulfonamides is 1. The lowest BCUT2D eigenvalue weighted by molar-refractivity contribution is -0.122. The van der Waals surface area contributed by atoms with E-state index in [4.69, 9.17) is 21.1 Å². The minimum atomic E-state index is -3.85. The molecule has 3 aromatic carbocycles. The van der Waals surface area contributed by atoms with Crippen molar-refractivity contribution in [2.24, 2.45) is 0 Å². The first kappa shape index (κ1) is 27.3. The van der Waals surface area contributed by atoms with E-state index in [1.165, 1.54) is 49.2 Å². The zero-order valence-electron chi connectivity index (χ0n) is 20.2. The van der Waals surface area contributed by atoms with E-state index in [1.54, 1.807) is 12.1 Å². The van der Waals surface area contributed by atoms with Gasteiger partial charge in [-0.25, -0.2) is 13.4 Å². The van der Waals surface area contributed by atoms with Crippen molar-refractivity contribution in [3.05, 3.63) is 77.8 Å². The zero-order chi connectivity index (χ0) is 27.0. The molecule has 3 N–H and O–H groups in total. The standard InChI is InChI=1S/C25H24ClN5O5S2/c1-35-22-12-7-18(15-21(22)26)31-38(33,34)20-10-8-19(9-11-20)36-16-23(32)27-13-14-37-25-28-24(29-30-25)17-5-3-2-4-6-17/h2-12,15,31H,13-14,16H2,1H3,(H,27,32)(H,28,29,30). The molecule has 13 heteroatoms. The van der Waals surface area contributed by atoms with Crippen LogP contribution in [0.3, 0.4) is 0 Å². The van der Waals surface area contributed by atoms with Gasteiger partial charge in [-0.3, -0.25) is 14.6 Å². The number of carbonyl (C=O) groups excluding carboxylic acids is 1. The van der Waals surface area contributed by atoms with Crippen molar-refractivity contribution in [1.29, 1.82) is 0 Å². The monoisotopic (exact) mass is 573 g/mol. The number of thioether (sulfide) groups is 1. The number of halogens is 1. The number of nitrogens with one attached hydrogen (secondary N) is 3. The number of benzene rings is 3. The molecule has 10 nitrogen and oxygen atoms in total.